The van der Waals surface area contributed by atoms with Crippen LogP contribution in [0, 0.1) is 0 Å². The van der Waals surface area contributed by atoms with E-state index in [9.17, 15) is 4.79 Å². The zero-order valence-corrected chi connectivity index (χ0v) is 16.3. The lowest BCUT2D eigenvalue weighted by Gasteiger charge is -2.19. The Kier molecular flexibility index (Phi) is 6.66. The highest BCUT2D eigenvalue weighted by atomic mass is 32.2. The van der Waals surface area contributed by atoms with E-state index in [-0.39, 0.29) is 11.2 Å². The number of nitrogens with one attached hydrogen (secondary N) is 1. The largest absolute Gasteiger partial charge is 0.352 e. The molecular formula is C19H27N5OS. The molecule has 3 rings (SSSR count). The molecule has 140 valence electrons. The number of hydrogen-bond acceptors (Lipinski definition) is 5. The maximum Gasteiger partial charge on any atom is 0.233 e. The highest BCUT2D eigenvalue weighted by Gasteiger charge is 2.22. The number of aromatic nitrogens is 4. The molecule has 1 saturated carbocycles. The molecule has 1 N–H and O–H groups in total. The molecule has 0 aliphatic heterocycles. The smallest absolute Gasteiger partial charge is 0.233 e. The summed E-state index contributed by atoms with van der Waals surface area (Å²) in [5.74, 6) is 0.909. The van der Waals surface area contributed by atoms with Crippen LogP contribution in [-0.4, -0.2) is 36.9 Å². The Labute approximate surface area is 159 Å². The van der Waals surface area contributed by atoms with Crippen LogP contribution in [0.3, 0.4) is 0 Å². The minimum Gasteiger partial charge on any atom is -0.352 e. The summed E-state index contributed by atoms with van der Waals surface area (Å²) in [6.07, 6.45) is 10.7. The second-order valence-corrected chi connectivity index (χ2v) is 8.05. The van der Waals surface area contributed by atoms with Crippen LogP contribution in [0.4, 0.5) is 0 Å². The Bertz CT molecular complexity index is 710. The van der Waals surface area contributed by atoms with Crippen molar-refractivity contribution in [3.8, 4) is 11.4 Å². The van der Waals surface area contributed by atoms with Crippen molar-refractivity contribution in [2.75, 3.05) is 0 Å². The fourth-order valence-electron chi connectivity index (χ4n) is 3.33. The third-order valence-electron chi connectivity index (χ3n) is 4.82. The molecule has 0 radical (unpaired) electrons. The minimum absolute atomic E-state index is 0.0954. The molecule has 0 bridgehead atoms. The predicted molar refractivity (Wildman–Crippen MR) is 104 cm³/mol. The molecular weight excluding hydrogens is 346 g/mol. The monoisotopic (exact) mass is 373 g/mol. The standard InChI is InChI=1S/C19H27N5OS/c1-3-24-17(15-10-12-20-13-11-15)22-23-19(24)26-14(2)18(25)21-16-8-6-4-5-7-9-16/h10-14,16H,3-9H2,1-2H3,(H,21,25)/t14-/m1/s1. The number of nitrogens with zero attached hydrogens (tertiary/aromatic N) is 4. The zero-order valence-electron chi connectivity index (χ0n) is 15.5. The van der Waals surface area contributed by atoms with Crippen molar-refractivity contribution in [3.63, 3.8) is 0 Å². The van der Waals surface area contributed by atoms with Gasteiger partial charge in [-0.3, -0.25) is 9.78 Å². The van der Waals surface area contributed by atoms with Crippen molar-refractivity contribution in [2.45, 2.75) is 75.4 Å². The first-order valence-corrected chi connectivity index (χ1v) is 10.4. The van der Waals surface area contributed by atoms with Crippen molar-refractivity contribution >= 4 is 17.7 Å². The summed E-state index contributed by atoms with van der Waals surface area (Å²) in [4.78, 5) is 16.7. The first kappa shape index (κ1) is 18.9. The van der Waals surface area contributed by atoms with Gasteiger partial charge < -0.3 is 9.88 Å². The number of amides is 1. The van der Waals surface area contributed by atoms with Gasteiger partial charge in [0.2, 0.25) is 5.91 Å². The van der Waals surface area contributed by atoms with Crippen molar-refractivity contribution in [2.24, 2.45) is 0 Å². The average molecular weight is 374 g/mol. The van der Waals surface area contributed by atoms with Gasteiger partial charge in [0.25, 0.3) is 0 Å². The number of pyridine rings is 1. The first-order valence-electron chi connectivity index (χ1n) is 9.49. The predicted octanol–water partition coefficient (Wildman–Crippen LogP) is 3.68. The van der Waals surface area contributed by atoms with Crippen LogP contribution in [0.1, 0.15) is 52.4 Å². The van der Waals surface area contributed by atoms with E-state index in [2.05, 4.69) is 32.0 Å². The maximum absolute atomic E-state index is 12.6. The summed E-state index contributed by atoms with van der Waals surface area (Å²) in [5.41, 5.74) is 0.983. The van der Waals surface area contributed by atoms with Gasteiger partial charge >= 0.3 is 0 Å². The third kappa shape index (κ3) is 4.63. The van der Waals surface area contributed by atoms with E-state index in [0.29, 0.717) is 6.04 Å². The zero-order chi connectivity index (χ0) is 18.4. The molecule has 0 saturated heterocycles. The van der Waals surface area contributed by atoms with E-state index in [4.69, 9.17) is 0 Å². The van der Waals surface area contributed by atoms with Crippen LogP contribution in [0.5, 0.6) is 0 Å². The van der Waals surface area contributed by atoms with Crippen LogP contribution in [0.15, 0.2) is 29.7 Å². The minimum atomic E-state index is -0.196. The van der Waals surface area contributed by atoms with Gasteiger partial charge in [-0.1, -0.05) is 37.4 Å². The number of thioether (sulfide) groups is 1. The summed E-state index contributed by atoms with van der Waals surface area (Å²) < 4.78 is 2.05. The number of carbonyl (C=O) groups excluding carboxylic acids is 1. The van der Waals surface area contributed by atoms with Crippen LogP contribution >= 0.6 is 11.8 Å². The SMILES string of the molecule is CCn1c(S[C@H](C)C(=O)NC2CCCCCC2)nnc1-c1ccncc1. The van der Waals surface area contributed by atoms with Gasteiger partial charge in [-0.25, -0.2) is 0 Å². The maximum atomic E-state index is 12.6. The van der Waals surface area contributed by atoms with Gasteiger partial charge in [0.1, 0.15) is 0 Å². The lowest BCUT2D eigenvalue weighted by Crippen LogP contribution is -2.39. The van der Waals surface area contributed by atoms with Crippen LogP contribution < -0.4 is 5.32 Å². The molecule has 2 aromatic rings. The molecule has 6 nitrogen and oxygen atoms in total. The van der Waals surface area contributed by atoms with Gasteiger partial charge in [0.15, 0.2) is 11.0 Å². The van der Waals surface area contributed by atoms with Gasteiger partial charge in [0.05, 0.1) is 5.25 Å². The first-order chi connectivity index (χ1) is 12.7. The Hall–Kier alpha value is -1.89. The molecule has 0 unspecified atom stereocenters. The van der Waals surface area contributed by atoms with E-state index in [1.807, 2.05) is 19.1 Å². The van der Waals surface area contributed by atoms with Crippen LogP contribution in [0.2, 0.25) is 0 Å². The lowest BCUT2D eigenvalue weighted by atomic mass is 10.1. The molecule has 2 aromatic heterocycles. The average Bonchev–Trinajstić information content (AvgIpc) is 2.88. The molecule has 1 fully saturated rings. The lowest BCUT2D eigenvalue weighted by molar-refractivity contribution is -0.121. The van der Waals surface area contributed by atoms with Crippen LogP contribution in [0.25, 0.3) is 11.4 Å². The van der Waals surface area contributed by atoms with E-state index < -0.39 is 0 Å². The second kappa shape index (κ2) is 9.16. The Morgan fingerprint density at radius 1 is 1.23 bits per heavy atom. The van der Waals surface area contributed by atoms with Crippen molar-refractivity contribution in [1.82, 2.24) is 25.1 Å². The fraction of sp³-hybridized carbons (Fsp3) is 0.579. The van der Waals surface area contributed by atoms with Crippen molar-refractivity contribution in [1.29, 1.82) is 0 Å². The molecule has 1 amide bonds. The number of carbonyl (C=O) groups is 1. The summed E-state index contributed by atoms with van der Waals surface area (Å²) in [5, 5.41) is 12.5. The number of rotatable bonds is 6. The normalized spacial score (nSPS) is 16.8. The summed E-state index contributed by atoms with van der Waals surface area (Å²) >= 11 is 1.47. The Morgan fingerprint density at radius 3 is 2.58 bits per heavy atom. The third-order valence-corrected chi connectivity index (χ3v) is 5.91. The molecule has 26 heavy (non-hydrogen) atoms. The molecule has 1 atom stereocenters. The Morgan fingerprint density at radius 2 is 1.92 bits per heavy atom. The quantitative estimate of drug-likeness (QED) is 0.618. The van der Waals surface area contributed by atoms with E-state index >= 15 is 0 Å². The Balaban J connectivity index is 1.66. The molecule has 1 aliphatic carbocycles. The van der Waals surface area contributed by atoms with Crippen LogP contribution in [-0.2, 0) is 11.3 Å². The molecule has 7 heteroatoms. The van der Waals surface area contributed by atoms with Gasteiger partial charge in [-0.2, -0.15) is 0 Å². The van der Waals surface area contributed by atoms with Crippen molar-refractivity contribution in [3.05, 3.63) is 24.5 Å². The van der Waals surface area contributed by atoms with E-state index in [0.717, 1.165) is 35.9 Å². The highest BCUT2D eigenvalue weighted by molar-refractivity contribution is 8.00. The van der Waals surface area contributed by atoms with E-state index in [1.165, 1.54) is 37.4 Å². The van der Waals surface area contributed by atoms with Crippen molar-refractivity contribution < 1.29 is 4.79 Å². The highest BCUT2D eigenvalue weighted by Crippen LogP contribution is 2.27. The summed E-state index contributed by atoms with van der Waals surface area (Å²) in [6.45, 7) is 4.76. The molecule has 0 aromatic carbocycles. The molecule has 0 spiro atoms. The molecule has 1 aliphatic rings. The summed E-state index contributed by atoms with van der Waals surface area (Å²) in [7, 11) is 0. The van der Waals surface area contributed by atoms with Gasteiger partial charge in [-0.15, -0.1) is 10.2 Å². The second-order valence-electron chi connectivity index (χ2n) is 6.74. The van der Waals surface area contributed by atoms with E-state index in [1.54, 1.807) is 12.4 Å². The molecule has 2 heterocycles. The summed E-state index contributed by atoms with van der Waals surface area (Å²) in [6, 6.07) is 4.17. The fourth-order valence-corrected chi connectivity index (χ4v) is 4.25. The van der Waals surface area contributed by atoms with Gasteiger partial charge in [-0.05, 0) is 38.8 Å². The number of hydrogen-bond donors (Lipinski definition) is 1. The topological polar surface area (TPSA) is 72.7 Å². The van der Waals surface area contributed by atoms with Gasteiger partial charge in [0, 0.05) is 30.5 Å².